The monoisotopic (exact) mass is 345 g/mol. The number of rotatable bonds is 4. The summed E-state index contributed by atoms with van der Waals surface area (Å²) in [5.74, 6) is 2.37. The van der Waals surface area contributed by atoms with E-state index < -0.39 is 0 Å². The Morgan fingerprint density at radius 1 is 1.36 bits per heavy atom. The zero-order valence-electron chi connectivity index (χ0n) is 14.1. The molecule has 0 bridgehead atoms. The van der Waals surface area contributed by atoms with E-state index in [9.17, 15) is 4.79 Å². The van der Waals surface area contributed by atoms with Crippen molar-refractivity contribution in [3.63, 3.8) is 0 Å². The summed E-state index contributed by atoms with van der Waals surface area (Å²) >= 11 is 0. The fourth-order valence-electron chi connectivity index (χ4n) is 3.25. The lowest BCUT2D eigenvalue weighted by Crippen LogP contribution is -2.33. The van der Waals surface area contributed by atoms with E-state index in [4.69, 9.17) is 18.7 Å². The van der Waals surface area contributed by atoms with Crippen LogP contribution in [-0.2, 0) is 16.0 Å². The zero-order chi connectivity index (χ0) is 17.4. The average molecular weight is 345 g/mol. The minimum atomic E-state index is -0.257. The number of amides is 1. The Morgan fingerprint density at radius 3 is 2.96 bits per heavy atom. The van der Waals surface area contributed by atoms with E-state index in [2.05, 4.69) is 10.1 Å². The summed E-state index contributed by atoms with van der Waals surface area (Å²) in [5.41, 5.74) is 0.871. The molecule has 2 aliphatic heterocycles. The molecule has 8 nitrogen and oxygen atoms in total. The van der Waals surface area contributed by atoms with Crippen molar-refractivity contribution in [3.8, 4) is 11.5 Å². The normalized spacial score (nSPS) is 21.8. The number of hydrogen-bond acceptors (Lipinski definition) is 7. The first-order chi connectivity index (χ1) is 12.1. The van der Waals surface area contributed by atoms with E-state index in [0.717, 1.165) is 5.56 Å². The molecule has 1 fully saturated rings. The molecule has 0 saturated carbocycles. The van der Waals surface area contributed by atoms with Crippen molar-refractivity contribution < 1.29 is 23.5 Å². The van der Waals surface area contributed by atoms with Crippen LogP contribution in [0.5, 0.6) is 11.5 Å². The lowest BCUT2D eigenvalue weighted by molar-refractivity contribution is -0.132. The van der Waals surface area contributed by atoms with Crippen molar-refractivity contribution in [1.29, 1.82) is 0 Å². The Morgan fingerprint density at radius 2 is 2.20 bits per heavy atom. The van der Waals surface area contributed by atoms with Crippen LogP contribution in [0.15, 0.2) is 22.7 Å². The van der Waals surface area contributed by atoms with Crippen molar-refractivity contribution in [2.75, 3.05) is 20.4 Å². The quantitative estimate of drug-likeness (QED) is 0.832. The molecule has 4 rings (SSSR count). The standard InChI is InChI=1S/C17H19N3O5/c1-10-18-17(25-19-10)13-7-12(22-2)8-20(13)16(21)6-11-3-4-14-15(5-11)24-9-23-14/h3-5,12-13H,6-9H2,1-2H3/t12-,13+/m0/s1. The molecule has 0 spiro atoms. The van der Waals surface area contributed by atoms with Crippen molar-refractivity contribution in [3.05, 3.63) is 35.5 Å². The average Bonchev–Trinajstić information content (AvgIpc) is 3.32. The highest BCUT2D eigenvalue weighted by atomic mass is 16.7. The van der Waals surface area contributed by atoms with E-state index in [1.54, 1.807) is 18.9 Å². The minimum Gasteiger partial charge on any atom is -0.454 e. The number of aryl methyl sites for hydroxylation is 1. The third-order valence-electron chi connectivity index (χ3n) is 4.54. The topological polar surface area (TPSA) is 86.9 Å². The number of hydrogen-bond donors (Lipinski definition) is 0. The van der Waals surface area contributed by atoms with Gasteiger partial charge in [-0.3, -0.25) is 4.79 Å². The number of likely N-dealkylation sites (tertiary alicyclic amines) is 1. The number of aromatic nitrogens is 2. The largest absolute Gasteiger partial charge is 0.454 e. The molecule has 2 aliphatic rings. The Kier molecular flexibility index (Phi) is 4.04. The van der Waals surface area contributed by atoms with E-state index in [1.165, 1.54) is 0 Å². The highest BCUT2D eigenvalue weighted by molar-refractivity contribution is 5.79. The van der Waals surface area contributed by atoms with Crippen LogP contribution in [0.25, 0.3) is 0 Å². The summed E-state index contributed by atoms with van der Waals surface area (Å²) < 4.78 is 21.4. The van der Waals surface area contributed by atoms with Gasteiger partial charge < -0.3 is 23.6 Å². The molecule has 1 aromatic carbocycles. The van der Waals surface area contributed by atoms with Crippen molar-refractivity contribution >= 4 is 5.91 Å². The molecule has 0 unspecified atom stereocenters. The Bertz CT molecular complexity index is 790. The van der Waals surface area contributed by atoms with Gasteiger partial charge in [-0.1, -0.05) is 11.2 Å². The molecule has 132 valence electrons. The number of benzene rings is 1. The molecule has 1 aromatic heterocycles. The molecule has 1 amide bonds. The van der Waals surface area contributed by atoms with Crippen LogP contribution in [0.4, 0.5) is 0 Å². The van der Waals surface area contributed by atoms with Crippen LogP contribution >= 0.6 is 0 Å². The van der Waals surface area contributed by atoms with E-state index in [0.29, 0.717) is 36.2 Å². The molecule has 0 N–H and O–H groups in total. The smallest absolute Gasteiger partial charge is 0.249 e. The molecule has 0 aliphatic carbocycles. The second-order valence-corrected chi connectivity index (χ2v) is 6.20. The van der Waals surface area contributed by atoms with Crippen molar-refractivity contribution in [2.24, 2.45) is 0 Å². The van der Waals surface area contributed by atoms with Gasteiger partial charge >= 0.3 is 0 Å². The third-order valence-corrected chi connectivity index (χ3v) is 4.54. The summed E-state index contributed by atoms with van der Waals surface area (Å²) in [6, 6.07) is 5.29. The number of ether oxygens (including phenoxy) is 3. The Balaban J connectivity index is 1.52. The molecule has 2 atom stereocenters. The number of carbonyl (C=O) groups is 1. The third kappa shape index (κ3) is 3.05. The Labute approximate surface area is 144 Å². The second-order valence-electron chi connectivity index (χ2n) is 6.20. The fraction of sp³-hybridized carbons (Fsp3) is 0.471. The number of nitrogens with zero attached hydrogens (tertiary/aromatic N) is 3. The predicted molar refractivity (Wildman–Crippen MR) is 85.2 cm³/mol. The maximum atomic E-state index is 12.9. The van der Waals surface area contributed by atoms with Gasteiger partial charge in [0.05, 0.1) is 12.5 Å². The second kappa shape index (κ2) is 6.36. The minimum absolute atomic E-state index is 0.0146. The van der Waals surface area contributed by atoms with Crippen LogP contribution in [0.1, 0.15) is 29.7 Å². The van der Waals surface area contributed by atoms with Gasteiger partial charge in [0.2, 0.25) is 18.6 Å². The summed E-state index contributed by atoms with van der Waals surface area (Å²) in [5, 5.41) is 3.83. The molecule has 2 aromatic rings. The molecule has 25 heavy (non-hydrogen) atoms. The van der Waals surface area contributed by atoms with Crippen LogP contribution < -0.4 is 9.47 Å². The maximum absolute atomic E-state index is 12.9. The predicted octanol–water partition coefficient (Wildman–Crippen LogP) is 1.64. The zero-order valence-corrected chi connectivity index (χ0v) is 14.1. The first kappa shape index (κ1) is 15.9. The molecule has 8 heteroatoms. The van der Waals surface area contributed by atoms with Gasteiger partial charge in [-0.15, -0.1) is 0 Å². The summed E-state index contributed by atoms with van der Waals surface area (Å²) in [6.07, 6.45) is 0.861. The molecule has 3 heterocycles. The summed E-state index contributed by atoms with van der Waals surface area (Å²) in [4.78, 5) is 18.9. The number of methoxy groups -OCH3 is 1. The first-order valence-electron chi connectivity index (χ1n) is 8.15. The Hall–Kier alpha value is -2.61. The molecule has 1 saturated heterocycles. The summed E-state index contributed by atoms with van der Waals surface area (Å²) in [7, 11) is 1.65. The fourth-order valence-corrected chi connectivity index (χ4v) is 3.25. The lowest BCUT2D eigenvalue weighted by Gasteiger charge is -2.21. The van der Waals surface area contributed by atoms with Gasteiger partial charge in [0.15, 0.2) is 17.3 Å². The van der Waals surface area contributed by atoms with Gasteiger partial charge in [-0.25, -0.2) is 0 Å². The van der Waals surface area contributed by atoms with E-state index in [-0.39, 0.29) is 31.3 Å². The summed E-state index contributed by atoms with van der Waals surface area (Å²) in [6.45, 7) is 2.48. The first-order valence-corrected chi connectivity index (χ1v) is 8.15. The molecular weight excluding hydrogens is 326 g/mol. The lowest BCUT2D eigenvalue weighted by atomic mass is 10.1. The van der Waals surface area contributed by atoms with Gasteiger partial charge in [0, 0.05) is 20.1 Å². The van der Waals surface area contributed by atoms with Crippen molar-refractivity contribution in [2.45, 2.75) is 31.9 Å². The van der Waals surface area contributed by atoms with Gasteiger partial charge in [0.1, 0.15) is 6.04 Å². The molecule has 0 radical (unpaired) electrons. The number of fused-ring (bicyclic) bond motifs is 1. The van der Waals surface area contributed by atoms with Gasteiger partial charge in [-0.2, -0.15) is 4.98 Å². The van der Waals surface area contributed by atoms with Gasteiger partial charge in [-0.05, 0) is 24.6 Å². The van der Waals surface area contributed by atoms with Crippen LogP contribution in [0, 0.1) is 6.92 Å². The highest BCUT2D eigenvalue weighted by Crippen LogP contribution is 2.35. The van der Waals surface area contributed by atoms with Crippen LogP contribution in [0.2, 0.25) is 0 Å². The maximum Gasteiger partial charge on any atom is 0.249 e. The van der Waals surface area contributed by atoms with Gasteiger partial charge in [0.25, 0.3) is 0 Å². The van der Waals surface area contributed by atoms with Crippen molar-refractivity contribution in [1.82, 2.24) is 15.0 Å². The van der Waals surface area contributed by atoms with E-state index >= 15 is 0 Å². The van der Waals surface area contributed by atoms with E-state index in [1.807, 2.05) is 18.2 Å². The van der Waals surface area contributed by atoms with Crippen LogP contribution in [-0.4, -0.2) is 47.5 Å². The number of carbonyl (C=O) groups excluding carboxylic acids is 1. The molecular formula is C17H19N3O5. The van der Waals surface area contributed by atoms with Crippen LogP contribution in [0.3, 0.4) is 0 Å². The SMILES string of the molecule is CO[C@H]1C[C@H](c2nc(C)no2)N(C(=O)Cc2ccc3c(c2)OCO3)C1. The highest BCUT2D eigenvalue weighted by Gasteiger charge is 2.39.